The lowest BCUT2D eigenvalue weighted by molar-refractivity contribution is -0.135. The molecule has 2 rings (SSSR count). The molecule has 1 aliphatic rings. The highest BCUT2D eigenvalue weighted by Crippen LogP contribution is 2.07. The van der Waals surface area contributed by atoms with Gasteiger partial charge < -0.3 is 9.80 Å². The van der Waals surface area contributed by atoms with Crippen LogP contribution in [0, 0.1) is 0 Å². The third-order valence-electron chi connectivity index (χ3n) is 3.49. The Morgan fingerprint density at radius 3 is 2.35 bits per heavy atom. The fourth-order valence-electron chi connectivity index (χ4n) is 2.28. The summed E-state index contributed by atoms with van der Waals surface area (Å²) in [6.07, 6.45) is 2.77. The SMILES string of the molecule is CCC(=O)N1CCN(C(=O)CC)Cc2cn(nn2)CC1. The Balaban J connectivity index is 2.18. The summed E-state index contributed by atoms with van der Waals surface area (Å²) < 4.78 is 1.73. The number of fused-ring (bicyclic) bond motifs is 2. The molecule has 0 aromatic carbocycles. The minimum absolute atomic E-state index is 0.0732. The molecule has 2 heterocycles. The summed E-state index contributed by atoms with van der Waals surface area (Å²) in [6, 6.07) is 0. The first-order chi connectivity index (χ1) is 9.63. The zero-order valence-electron chi connectivity index (χ0n) is 12.1. The van der Waals surface area contributed by atoms with Gasteiger partial charge in [-0.15, -0.1) is 5.10 Å². The summed E-state index contributed by atoms with van der Waals surface area (Å²) >= 11 is 0. The predicted molar refractivity (Wildman–Crippen MR) is 72.6 cm³/mol. The second-order valence-corrected chi connectivity index (χ2v) is 4.88. The van der Waals surface area contributed by atoms with Crippen LogP contribution in [0.15, 0.2) is 6.20 Å². The Bertz CT molecular complexity index is 485. The van der Waals surface area contributed by atoms with E-state index in [2.05, 4.69) is 10.3 Å². The summed E-state index contributed by atoms with van der Waals surface area (Å²) in [5, 5.41) is 8.10. The smallest absolute Gasteiger partial charge is 0.222 e. The Morgan fingerprint density at radius 1 is 1.05 bits per heavy atom. The van der Waals surface area contributed by atoms with Crippen LogP contribution in [0.4, 0.5) is 0 Å². The predicted octanol–water partition coefficient (Wildman–Crippen LogP) is 0.269. The molecule has 1 aliphatic heterocycles. The summed E-state index contributed by atoms with van der Waals surface area (Å²) in [4.78, 5) is 27.4. The standard InChI is InChI=1S/C13H21N5O2/c1-3-12(19)16-5-6-17(13(20)4-2)9-11-10-18(8-7-16)15-14-11/h10H,3-9H2,1-2H3. The Hall–Kier alpha value is -1.92. The van der Waals surface area contributed by atoms with Crippen molar-refractivity contribution in [1.82, 2.24) is 24.8 Å². The van der Waals surface area contributed by atoms with E-state index >= 15 is 0 Å². The van der Waals surface area contributed by atoms with E-state index in [-0.39, 0.29) is 11.8 Å². The lowest BCUT2D eigenvalue weighted by Gasteiger charge is -2.28. The number of hydrogen-bond donors (Lipinski definition) is 0. The van der Waals surface area contributed by atoms with Crippen LogP contribution in [-0.2, 0) is 22.7 Å². The molecule has 7 nitrogen and oxygen atoms in total. The van der Waals surface area contributed by atoms with Crippen molar-refractivity contribution >= 4 is 11.8 Å². The molecular weight excluding hydrogens is 258 g/mol. The molecule has 1 aromatic heterocycles. The van der Waals surface area contributed by atoms with Crippen LogP contribution in [-0.4, -0.2) is 56.2 Å². The van der Waals surface area contributed by atoms with Gasteiger partial charge in [0.15, 0.2) is 0 Å². The molecule has 0 atom stereocenters. The number of aromatic nitrogens is 3. The topological polar surface area (TPSA) is 71.3 Å². The van der Waals surface area contributed by atoms with Crippen LogP contribution in [0.2, 0.25) is 0 Å². The quantitative estimate of drug-likeness (QED) is 0.779. The number of rotatable bonds is 2. The molecule has 0 N–H and O–H groups in total. The fraction of sp³-hybridized carbons (Fsp3) is 0.692. The van der Waals surface area contributed by atoms with Crippen LogP contribution in [0.5, 0.6) is 0 Å². The van der Waals surface area contributed by atoms with Crippen LogP contribution in [0.25, 0.3) is 0 Å². The van der Waals surface area contributed by atoms with Gasteiger partial charge in [0.1, 0.15) is 5.69 Å². The van der Waals surface area contributed by atoms with Gasteiger partial charge in [0.25, 0.3) is 0 Å². The van der Waals surface area contributed by atoms with Crippen molar-refractivity contribution < 1.29 is 9.59 Å². The maximum absolute atomic E-state index is 12.0. The van der Waals surface area contributed by atoms with Crippen LogP contribution in [0.1, 0.15) is 32.4 Å². The zero-order chi connectivity index (χ0) is 14.5. The molecule has 20 heavy (non-hydrogen) atoms. The maximum atomic E-state index is 12.0. The third-order valence-corrected chi connectivity index (χ3v) is 3.49. The van der Waals surface area contributed by atoms with Gasteiger partial charge in [-0.05, 0) is 0 Å². The fourth-order valence-corrected chi connectivity index (χ4v) is 2.28. The lowest BCUT2D eigenvalue weighted by atomic mass is 10.3. The lowest BCUT2D eigenvalue weighted by Crippen LogP contribution is -2.42. The molecule has 0 fully saturated rings. The highest BCUT2D eigenvalue weighted by Gasteiger charge is 2.19. The number of hydrogen-bond acceptors (Lipinski definition) is 4. The second kappa shape index (κ2) is 6.49. The van der Waals surface area contributed by atoms with E-state index in [1.807, 2.05) is 20.0 Å². The van der Waals surface area contributed by atoms with E-state index in [4.69, 9.17) is 0 Å². The first kappa shape index (κ1) is 14.5. The Labute approximate surface area is 118 Å². The van der Waals surface area contributed by atoms with E-state index in [0.717, 1.165) is 5.69 Å². The molecule has 0 spiro atoms. The van der Waals surface area contributed by atoms with Crippen molar-refractivity contribution in [2.75, 3.05) is 19.6 Å². The summed E-state index contributed by atoms with van der Waals surface area (Å²) in [5.74, 6) is 0.179. The third kappa shape index (κ3) is 3.34. The van der Waals surface area contributed by atoms with E-state index in [0.29, 0.717) is 45.6 Å². The first-order valence-electron chi connectivity index (χ1n) is 7.08. The molecule has 0 unspecified atom stereocenters. The van der Waals surface area contributed by atoms with Gasteiger partial charge in [0.05, 0.1) is 19.3 Å². The van der Waals surface area contributed by atoms with Gasteiger partial charge in [0, 0.05) is 32.5 Å². The van der Waals surface area contributed by atoms with Crippen molar-refractivity contribution in [1.29, 1.82) is 0 Å². The van der Waals surface area contributed by atoms with Crippen LogP contribution >= 0.6 is 0 Å². The summed E-state index contributed by atoms with van der Waals surface area (Å²) in [6.45, 7) is 6.51. The van der Waals surface area contributed by atoms with Crippen molar-refractivity contribution in [3.05, 3.63) is 11.9 Å². The van der Waals surface area contributed by atoms with Gasteiger partial charge in [-0.2, -0.15) is 0 Å². The van der Waals surface area contributed by atoms with Gasteiger partial charge >= 0.3 is 0 Å². The van der Waals surface area contributed by atoms with Crippen LogP contribution in [0.3, 0.4) is 0 Å². The summed E-state index contributed by atoms with van der Waals surface area (Å²) in [5.41, 5.74) is 0.794. The molecule has 0 radical (unpaired) electrons. The molecule has 0 aliphatic carbocycles. The van der Waals surface area contributed by atoms with Crippen molar-refractivity contribution in [3.63, 3.8) is 0 Å². The maximum Gasteiger partial charge on any atom is 0.222 e. The van der Waals surface area contributed by atoms with E-state index in [9.17, 15) is 9.59 Å². The monoisotopic (exact) mass is 279 g/mol. The molecule has 0 saturated carbocycles. The molecule has 7 heteroatoms. The van der Waals surface area contributed by atoms with Crippen molar-refractivity contribution in [2.45, 2.75) is 39.8 Å². The van der Waals surface area contributed by atoms with Crippen molar-refractivity contribution in [2.24, 2.45) is 0 Å². The summed E-state index contributed by atoms with van der Waals surface area (Å²) in [7, 11) is 0. The Kier molecular flexibility index (Phi) is 4.70. The number of carbonyl (C=O) groups excluding carboxylic acids is 2. The van der Waals surface area contributed by atoms with Gasteiger partial charge in [-0.1, -0.05) is 19.1 Å². The average Bonchev–Trinajstić information content (AvgIpc) is 2.90. The minimum Gasteiger partial charge on any atom is -0.339 e. The molecule has 110 valence electrons. The highest BCUT2D eigenvalue weighted by atomic mass is 16.2. The second-order valence-electron chi connectivity index (χ2n) is 4.88. The largest absolute Gasteiger partial charge is 0.339 e. The number of nitrogens with zero attached hydrogens (tertiary/aromatic N) is 5. The molecule has 0 saturated heterocycles. The average molecular weight is 279 g/mol. The van der Waals surface area contributed by atoms with Gasteiger partial charge in [0.2, 0.25) is 11.8 Å². The molecular formula is C13H21N5O2. The molecule has 2 bridgehead atoms. The Morgan fingerprint density at radius 2 is 1.65 bits per heavy atom. The van der Waals surface area contributed by atoms with E-state index in [1.165, 1.54) is 0 Å². The normalized spacial score (nSPS) is 16.1. The zero-order valence-corrected chi connectivity index (χ0v) is 12.1. The van der Waals surface area contributed by atoms with E-state index < -0.39 is 0 Å². The van der Waals surface area contributed by atoms with E-state index in [1.54, 1.807) is 14.5 Å². The molecule has 1 aromatic rings. The highest BCUT2D eigenvalue weighted by molar-refractivity contribution is 5.77. The minimum atomic E-state index is 0.0732. The van der Waals surface area contributed by atoms with Gasteiger partial charge in [-0.3, -0.25) is 14.3 Å². The van der Waals surface area contributed by atoms with Crippen molar-refractivity contribution in [3.8, 4) is 0 Å². The van der Waals surface area contributed by atoms with Gasteiger partial charge in [-0.25, -0.2) is 0 Å². The number of amides is 2. The first-order valence-corrected chi connectivity index (χ1v) is 7.08. The molecule has 2 amide bonds. The number of carbonyl (C=O) groups is 2. The van der Waals surface area contributed by atoms with Crippen LogP contribution < -0.4 is 0 Å².